The molecule has 3 rings (SSSR count). The molecule has 1 aromatic carbocycles. The molecule has 0 radical (unpaired) electrons. The van der Waals surface area contributed by atoms with E-state index in [1.165, 1.54) is 36.5 Å². The van der Waals surface area contributed by atoms with Crippen LogP contribution in [0.15, 0.2) is 46.7 Å². The topological polar surface area (TPSA) is 83.5 Å². The van der Waals surface area contributed by atoms with Gasteiger partial charge in [0.1, 0.15) is 5.60 Å². The van der Waals surface area contributed by atoms with Gasteiger partial charge in [-0.25, -0.2) is 13.1 Å². The molecule has 2 aromatic rings. The molecular formula is C17H19NO4S2. The van der Waals surface area contributed by atoms with Crippen LogP contribution >= 0.6 is 11.3 Å². The average molecular weight is 365 g/mol. The fraction of sp³-hybridized carbons (Fsp3) is 0.353. The van der Waals surface area contributed by atoms with E-state index in [0.717, 1.165) is 17.7 Å². The van der Waals surface area contributed by atoms with Crippen LogP contribution in [0.5, 0.6) is 0 Å². The minimum Gasteiger partial charge on any atom is -0.383 e. The molecule has 1 aromatic heterocycles. The summed E-state index contributed by atoms with van der Waals surface area (Å²) < 4.78 is 27.6. The Bertz CT molecular complexity index is 841. The Hall–Kier alpha value is -1.54. The van der Waals surface area contributed by atoms with Crippen LogP contribution < -0.4 is 4.72 Å². The van der Waals surface area contributed by atoms with Crippen LogP contribution in [0.25, 0.3) is 0 Å². The van der Waals surface area contributed by atoms with Crippen LogP contribution in [0.4, 0.5) is 0 Å². The van der Waals surface area contributed by atoms with E-state index in [1.807, 2.05) is 17.5 Å². The number of carbonyl (C=O) groups is 1. The highest BCUT2D eigenvalue weighted by Gasteiger charge is 2.46. The highest BCUT2D eigenvalue weighted by molar-refractivity contribution is 7.89. The molecule has 0 amide bonds. The van der Waals surface area contributed by atoms with Crippen molar-refractivity contribution in [3.05, 3.63) is 52.2 Å². The maximum Gasteiger partial charge on any atom is 0.240 e. The highest BCUT2D eigenvalue weighted by Crippen LogP contribution is 2.46. The Labute approximate surface area is 145 Å². The number of nitrogens with one attached hydrogen (secondary N) is 1. The van der Waals surface area contributed by atoms with Crippen LogP contribution in [0.3, 0.4) is 0 Å². The van der Waals surface area contributed by atoms with Gasteiger partial charge in [0.2, 0.25) is 10.0 Å². The summed E-state index contributed by atoms with van der Waals surface area (Å²) in [5, 5.41) is 12.9. The van der Waals surface area contributed by atoms with Gasteiger partial charge in [-0.05, 0) is 49.3 Å². The van der Waals surface area contributed by atoms with Gasteiger partial charge in [-0.15, -0.1) is 11.3 Å². The van der Waals surface area contributed by atoms with E-state index in [2.05, 4.69) is 4.72 Å². The summed E-state index contributed by atoms with van der Waals surface area (Å²) in [7, 11) is -3.80. The van der Waals surface area contributed by atoms with Gasteiger partial charge >= 0.3 is 0 Å². The third-order valence-corrected chi connectivity index (χ3v) is 6.72. The number of hydrogen-bond acceptors (Lipinski definition) is 5. The summed E-state index contributed by atoms with van der Waals surface area (Å²) in [6.45, 7) is 1.31. The third-order valence-electron chi connectivity index (χ3n) is 4.28. The zero-order valence-corrected chi connectivity index (χ0v) is 14.9. The molecule has 1 atom stereocenters. The summed E-state index contributed by atoms with van der Waals surface area (Å²) in [6, 6.07) is 9.58. The summed E-state index contributed by atoms with van der Waals surface area (Å²) in [5.74, 6) is -0.123. The van der Waals surface area contributed by atoms with Crippen LogP contribution in [0, 0.1) is 5.92 Å². The third kappa shape index (κ3) is 3.44. The molecule has 0 aliphatic heterocycles. The maximum atomic E-state index is 12.5. The number of sulfonamides is 1. The van der Waals surface area contributed by atoms with Gasteiger partial charge in [0, 0.05) is 17.0 Å². The number of hydrogen-bond donors (Lipinski definition) is 2. The lowest BCUT2D eigenvalue weighted by Gasteiger charge is -2.27. The molecule has 5 nitrogen and oxygen atoms in total. The lowest BCUT2D eigenvalue weighted by Crippen LogP contribution is -2.41. The van der Waals surface area contributed by atoms with Gasteiger partial charge in [-0.1, -0.05) is 18.2 Å². The highest BCUT2D eigenvalue weighted by atomic mass is 32.2. The Balaban J connectivity index is 1.82. The number of ketones is 1. The number of aliphatic hydroxyl groups is 1. The SMILES string of the molecule is CC(=O)c1cccc(S(=O)(=O)NC[C@](O)(c2cccs2)C2CC2)c1. The van der Waals surface area contributed by atoms with Crippen molar-refractivity contribution in [3.8, 4) is 0 Å². The van der Waals surface area contributed by atoms with Crippen molar-refractivity contribution in [1.82, 2.24) is 4.72 Å². The number of Topliss-reactive ketones (excluding diaryl/α,β-unsaturated/α-hetero) is 1. The Morgan fingerprint density at radius 1 is 1.33 bits per heavy atom. The van der Waals surface area contributed by atoms with E-state index in [0.29, 0.717) is 5.56 Å². The quantitative estimate of drug-likeness (QED) is 0.739. The summed E-state index contributed by atoms with van der Waals surface area (Å²) in [5.41, 5.74) is -0.840. The predicted octanol–water partition coefficient (Wildman–Crippen LogP) is 2.53. The summed E-state index contributed by atoms with van der Waals surface area (Å²) >= 11 is 1.42. The largest absolute Gasteiger partial charge is 0.383 e. The first-order chi connectivity index (χ1) is 11.3. The molecule has 24 heavy (non-hydrogen) atoms. The van der Waals surface area contributed by atoms with Gasteiger partial charge in [0.25, 0.3) is 0 Å². The fourth-order valence-corrected chi connectivity index (χ4v) is 4.71. The maximum absolute atomic E-state index is 12.5. The minimum absolute atomic E-state index is 0.0273. The van der Waals surface area contributed by atoms with E-state index >= 15 is 0 Å². The smallest absolute Gasteiger partial charge is 0.240 e. The average Bonchev–Trinajstić information content (AvgIpc) is 3.28. The van der Waals surface area contributed by atoms with Crippen molar-refractivity contribution in [2.24, 2.45) is 5.92 Å². The standard InChI is InChI=1S/C17H19NO4S2/c1-12(19)13-4-2-5-15(10-13)24(21,22)18-11-17(20,14-7-8-14)16-6-3-9-23-16/h2-6,9-10,14,18,20H,7-8,11H2,1H3/t17-/m1/s1. The second-order valence-electron chi connectivity index (χ2n) is 6.08. The minimum atomic E-state index is -3.80. The molecule has 0 bridgehead atoms. The van der Waals surface area contributed by atoms with E-state index in [-0.39, 0.29) is 23.1 Å². The molecule has 0 unspecified atom stereocenters. The molecule has 0 spiro atoms. The number of thiophene rings is 1. The zero-order chi connectivity index (χ0) is 17.4. The van der Waals surface area contributed by atoms with E-state index in [4.69, 9.17) is 0 Å². The van der Waals surface area contributed by atoms with Crippen molar-refractivity contribution in [2.45, 2.75) is 30.3 Å². The molecule has 0 saturated heterocycles. The number of carbonyl (C=O) groups excluding carboxylic acids is 1. The van der Waals surface area contributed by atoms with Crippen LogP contribution in [-0.2, 0) is 15.6 Å². The molecule has 1 heterocycles. The van der Waals surface area contributed by atoms with Gasteiger partial charge in [0.05, 0.1) is 4.90 Å². The van der Waals surface area contributed by atoms with Gasteiger partial charge in [0.15, 0.2) is 5.78 Å². The Morgan fingerprint density at radius 2 is 2.08 bits per heavy atom. The lowest BCUT2D eigenvalue weighted by atomic mass is 9.96. The molecule has 1 saturated carbocycles. The molecule has 1 aliphatic rings. The van der Waals surface area contributed by atoms with Crippen molar-refractivity contribution in [2.75, 3.05) is 6.54 Å². The second kappa shape index (κ2) is 6.40. The van der Waals surface area contributed by atoms with Gasteiger partial charge in [-0.2, -0.15) is 0 Å². The zero-order valence-electron chi connectivity index (χ0n) is 13.2. The monoisotopic (exact) mass is 365 g/mol. The van der Waals surface area contributed by atoms with Crippen molar-refractivity contribution < 1.29 is 18.3 Å². The summed E-state index contributed by atoms with van der Waals surface area (Å²) in [6.07, 6.45) is 1.77. The van der Waals surface area contributed by atoms with Crippen LogP contribution in [-0.4, -0.2) is 25.9 Å². The first-order valence-corrected chi connectivity index (χ1v) is 10.1. The Morgan fingerprint density at radius 3 is 2.67 bits per heavy atom. The molecule has 7 heteroatoms. The molecule has 1 fully saturated rings. The Kier molecular flexibility index (Phi) is 4.61. The predicted molar refractivity (Wildman–Crippen MR) is 92.6 cm³/mol. The van der Waals surface area contributed by atoms with Crippen LogP contribution in [0.1, 0.15) is 35.0 Å². The molecular weight excluding hydrogens is 346 g/mol. The first-order valence-electron chi connectivity index (χ1n) is 7.70. The van der Waals surface area contributed by atoms with Crippen molar-refractivity contribution in [3.63, 3.8) is 0 Å². The molecule has 128 valence electrons. The van der Waals surface area contributed by atoms with Crippen LogP contribution in [0.2, 0.25) is 0 Å². The first kappa shape index (κ1) is 17.3. The number of benzene rings is 1. The van der Waals surface area contributed by atoms with Crippen molar-refractivity contribution >= 4 is 27.1 Å². The van der Waals surface area contributed by atoms with E-state index in [1.54, 1.807) is 6.07 Å². The molecule has 1 aliphatic carbocycles. The van der Waals surface area contributed by atoms with Crippen molar-refractivity contribution in [1.29, 1.82) is 0 Å². The normalized spacial score (nSPS) is 17.4. The van der Waals surface area contributed by atoms with E-state index < -0.39 is 15.6 Å². The van der Waals surface area contributed by atoms with Gasteiger partial charge < -0.3 is 5.11 Å². The van der Waals surface area contributed by atoms with E-state index in [9.17, 15) is 18.3 Å². The molecule has 2 N–H and O–H groups in total. The fourth-order valence-electron chi connectivity index (χ4n) is 2.69. The summed E-state index contributed by atoms with van der Waals surface area (Å²) in [4.78, 5) is 12.2. The second-order valence-corrected chi connectivity index (χ2v) is 8.80. The number of rotatable bonds is 7. The van der Waals surface area contributed by atoms with Gasteiger partial charge in [-0.3, -0.25) is 4.79 Å². The lowest BCUT2D eigenvalue weighted by molar-refractivity contribution is 0.0222.